The van der Waals surface area contributed by atoms with Crippen LogP contribution in [0.5, 0.6) is 0 Å². The van der Waals surface area contributed by atoms with Gasteiger partial charge >= 0.3 is 0 Å². The second kappa shape index (κ2) is 13.4. The molecule has 1 rings (SSSR count). The molecule has 0 amide bonds. The van der Waals surface area contributed by atoms with E-state index in [1.807, 2.05) is 0 Å². The second-order valence-corrected chi connectivity index (χ2v) is 2.30. The van der Waals surface area contributed by atoms with Crippen molar-refractivity contribution in [2.24, 2.45) is 0 Å². The Morgan fingerprint density at radius 2 is 1.50 bits per heavy atom. The van der Waals surface area contributed by atoms with Gasteiger partial charge in [-0.15, -0.1) is 0 Å². The van der Waals surface area contributed by atoms with Gasteiger partial charge in [0.2, 0.25) is 0 Å². The summed E-state index contributed by atoms with van der Waals surface area (Å²) < 4.78 is 9.89. The standard InChI is InChI=1S/C4H8O2.C4H10O.H2O/c1-2-6-4-3-5-1;1-2-3-4-5;/h1-4H2;5H,2-4H2,1H3;1H2. The molecule has 1 aliphatic heterocycles. The van der Waals surface area contributed by atoms with E-state index >= 15 is 0 Å². The molecule has 3 N–H and O–H groups in total. The van der Waals surface area contributed by atoms with Crippen LogP contribution >= 0.6 is 0 Å². The number of hydrogen-bond acceptors (Lipinski definition) is 3. The molecule has 0 aromatic carbocycles. The van der Waals surface area contributed by atoms with Crippen LogP contribution in [-0.2, 0) is 9.47 Å². The number of unbranched alkanes of at least 4 members (excludes halogenated alkanes) is 1. The number of aliphatic hydroxyl groups excluding tert-OH is 1. The van der Waals surface area contributed by atoms with Gasteiger partial charge in [-0.3, -0.25) is 0 Å². The second-order valence-electron chi connectivity index (χ2n) is 2.30. The lowest BCUT2D eigenvalue weighted by molar-refractivity contribution is -0.0334. The van der Waals surface area contributed by atoms with Crippen LogP contribution < -0.4 is 0 Å². The molecule has 12 heavy (non-hydrogen) atoms. The molecule has 0 radical (unpaired) electrons. The lowest BCUT2D eigenvalue weighted by atomic mass is 10.4. The first-order chi connectivity index (χ1) is 5.41. The van der Waals surface area contributed by atoms with Gasteiger partial charge in [0, 0.05) is 6.61 Å². The van der Waals surface area contributed by atoms with Crippen molar-refractivity contribution in [1.82, 2.24) is 0 Å². The highest BCUT2D eigenvalue weighted by Crippen LogP contribution is 1.85. The normalized spacial score (nSPS) is 15.5. The van der Waals surface area contributed by atoms with Crippen molar-refractivity contribution in [1.29, 1.82) is 0 Å². The molecule has 1 aliphatic rings. The molecular formula is C8H20O4. The summed E-state index contributed by atoms with van der Waals surface area (Å²) in [5.41, 5.74) is 0. The van der Waals surface area contributed by atoms with Crippen LogP contribution in [0, 0.1) is 0 Å². The van der Waals surface area contributed by atoms with E-state index in [1.165, 1.54) is 0 Å². The van der Waals surface area contributed by atoms with Crippen LogP contribution in [0.15, 0.2) is 0 Å². The molecule has 4 heteroatoms. The Kier molecular flexibility index (Phi) is 16.1. The summed E-state index contributed by atoms with van der Waals surface area (Å²) in [7, 11) is 0. The molecule has 0 bridgehead atoms. The first-order valence-corrected chi connectivity index (χ1v) is 4.18. The van der Waals surface area contributed by atoms with Gasteiger partial charge in [0.1, 0.15) is 0 Å². The van der Waals surface area contributed by atoms with E-state index in [4.69, 9.17) is 14.6 Å². The monoisotopic (exact) mass is 180 g/mol. The van der Waals surface area contributed by atoms with Gasteiger partial charge in [-0.05, 0) is 6.42 Å². The van der Waals surface area contributed by atoms with Crippen molar-refractivity contribution in [3.05, 3.63) is 0 Å². The smallest absolute Gasteiger partial charge is 0.0701 e. The van der Waals surface area contributed by atoms with Crippen LogP contribution in [-0.4, -0.2) is 43.6 Å². The summed E-state index contributed by atoms with van der Waals surface area (Å²) >= 11 is 0. The quantitative estimate of drug-likeness (QED) is 0.649. The van der Waals surface area contributed by atoms with Gasteiger partial charge in [0.05, 0.1) is 26.4 Å². The maximum Gasteiger partial charge on any atom is 0.0701 e. The molecule has 1 fully saturated rings. The average molecular weight is 180 g/mol. The van der Waals surface area contributed by atoms with Gasteiger partial charge in [-0.25, -0.2) is 0 Å². The molecule has 0 spiro atoms. The Hall–Kier alpha value is -0.160. The fourth-order valence-electron chi connectivity index (χ4n) is 0.598. The summed E-state index contributed by atoms with van der Waals surface area (Å²) in [6.45, 7) is 5.51. The van der Waals surface area contributed by atoms with E-state index in [9.17, 15) is 0 Å². The topological polar surface area (TPSA) is 70.2 Å². The predicted octanol–water partition coefficient (Wildman–Crippen LogP) is -0.0127. The minimum atomic E-state index is 0. The Morgan fingerprint density at radius 1 is 1.08 bits per heavy atom. The molecule has 0 aliphatic carbocycles. The molecular weight excluding hydrogens is 160 g/mol. The summed E-state index contributed by atoms with van der Waals surface area (Å²) in [4.78, 5) is 0. The Bertz CT molecular complexity index is 50.6. The fourth-order valence-corrected chi connectivity index (χ4v) is 0.598. The summed E-state index contributed by atoms with van der Waals surface area (Å²) in [6.07, 6.45) is 2.04. The van der Waals surface area contributed by atoms with Crippen molar-refractivity contribution in [3.63, 3.8) is 0 Å². The number of ether oxygens (including phenoxy) is 2. The van der Waals surface area contributed by atoms with Crippen LogP contribution in [0.4, 0.5) is 0 Å². The van der Waals surface area contributed by atoms with E-state index < -0.39 is 0 Å². The van der Waals surface area contributed by atoms with Gasteiger partial charge < -0.3 is 20.1 Å². The van der Waals surface area contributed by atoms with Gasteiger partial charge in [0.15, 0.2) is 0 Å². The maximum atomic E-state index is 8.07. The molecule has 0 atom stereocenters. The first-order valence-electron chi connectivity index (χ1n) is 4.18. The van der Waals surface area contributed by atoms with Crippen LogP contribution in [0.1, 0.15) is 19.8 Å². The Morgan fingerprint density at radius 3 is 1.58 bits per heavy atom. The third-order valence-corrected chi connectivity index (χ3v) is 1.26. The zero-order valence-electron chi connectivity index (χ0n) is 7.71. The highest BCUT2D eigenvalue weighted by molar-refractivity contribution is 4.37. The number of aliphatic hydroxyl groups is 1. The van der Waals surface area contributed by atoms with Crippen molar-refractivity contribution >= 4 is 0 Å². The zero-order valence-corrected chi connectivity index (χ0v) is 7.71. The SMILES string of the molecule is C1COCCO1.CCCCO.O. The molecule has 76 valence electrons. The van der Waals surface area contributed by atoms with Gasteiger partial charge in [0.25, 0.3) is 0 Å². The largest absolute Gasteiger partial charge is 0.412 e. The summed E-state index contributed by atoms with van der Waals surface area (Å²) in [5.74, 6) is 0. The lowest BCUT2D eigenvalue weighted by Crippen LogP contribution is -2.16. The predicted molar refractivity (Wildman–Crippen MR) is 47.2 cm³/mol. The van der Waals surface area contributed by atoms with Crippen LogP contribution in [0.25, 0.3) is 0 Å². The van der Waals surface area contributed by atoms with Gasteiger partial charge in [-0.1, -0.05) is 13.3 Å². The molecule has 0 unspecified atom stereocenters. The molecule has 0 saturated carbocycles. The zero-order chi connectivity index (χ0) is 8.36. The third-order valence-electron chi connectivity index (χ3n) is 1.26. The summed E-state index contributed by atoms with van der Waals surface area (Å²) in [5, 5.41) is 8.07. The molecule has 0 aromatic heterocycles. The van der Waals surface area contributed by atoms with Crippen molar-refractivity contribution in [2.45, 2.75) is 19.8 Å². The number of hydrogen-bond donors (Lipinski definition) is 1. The Balaban J connectivity index is 0. The maximum absolute atomic E-state index is 8.07. The average Bonchev–Trinajstić information content (AvgIpc) is 2.10. The van der Waals surface area contributed by atoms with Crippen molar-refractivity contribution in [3.8, 4) is 0 Å². The van der Waals surface area contributed by atoms with Gasteiger partial charge in [-0.2, -0.15) is 0 Å². The minimum Gasteiger partial charge on any atom is -0.412 e. The van der Waals surface area contributed by atoms with E-state index in [2.05, 4.69) is 6.92 Å². The Labute approximate surface area is 73.8 Å². The van der Waals surface area contributed by atoms with E-state index in [0.717, 1.165) is 39.3 Å². The molecule has 4 nitrogen and oxygen atoms in total. The van der Waals surface area contributed by atoms with E-state index in [1.54, 1.807) is 0 Å². The van der Waals surface area contributed by atoms with Crippen LogP contribution in [0.3, 0.4) is 0 Å². The molecule has 1 saturated heterocycles. The highest BCUT2D eigenvalue weighted by atomic mass is 16.6. The molecule has 1 heterocycles. The minimum absolute atomic E-state index is 0. The number of rotatable bonds is 2. The third kappa shape index (κ3) is 12.5. The molecule has 0 aromatic rings. The highest BCUT2D eigenvalue weighted by Gasteiger charge is 1.94. The fraction of sp³-hybridized carbons (Fsp3) is 1.00. The van der Waals surface area contributed by atoms with Crippen molar-refractivity contribution < 1.29 is 20.1 Å². The van der Waals surface area contributed by atoms with E-state index in [0.29, 0.717) is 6.61 Å². The van der Waals surface area contributed by atoms with E-state index in [-0.39, 0.29) is 5.48 Å². The summed E-state index contributed by atoms with van der Waals surface area (Å²) in [6, 6.07) is 0. The van der Waals surface area contributed by atoms with Crippen molar-refractivity contribution in [2.75, 3.05) is 33.0 Å². The lowest BCUT2D eigenvalue weighted by Gasteiger charge is -2.09. The first kappa shape index (κ1) is 14.4. The van der Waals surface area contributed by atoms with Crippen LogP contribution in [0.2, 0.25) is 0 Å².